The number of hydrogen-bond donors (Lipinski definition) is 1. The molecule has 1 N–H and O–H groups in total. The molecule has 5 nitrogen and oxygen atoms in total. The molecule has 1 aromatic heterocycles. The number of aromatic nitrogens is 2. The van der Waals surface area contributed by atoms with Crippen LogP contribution in [0.5, 0.6) is 0 Å². The fourth-order valence-corrected chi connectivity index (χ4v) is 2.65. The van der Waals surface area contributed by atoms with Crippen LogP contribution in [0.2, 0.25) is 0 Å². The van der Waals surface area contributed by atoms with E-state index in [1.165, 1.54) is 6.33 Å². The van der Waals surface area contributed by atoms with Crippen LogP contribution in [0, 0.1) is 0 Å². The van der Waals surface area contributed by atoms with Crippen molar-refractivity contribution < 1.29 is 14.6 Å². The minimum atomic E-state index is -0.784. The molecule has 1 saturated carbocycles. The van der Waals surface area contributed by atoms with E-state index in [1.54, 1.807) is 0 Å². The van der Waals surface area contributed by atoms with Crippen LogP contribution >= 0.6 is 0 Å². The second-order valence-electron chi connectivity index (χ2n) is 4.69. The van der Waals surface area contributed by atoms with E-state index < -0.39 is 11.4 Å². The maximum absolute atomic E-state index is 11.5. The number of nitrogens with zero attached hydrogens (tertiary/aromatic N) is 2. The van der Waals surface area contributed by atoms with E-state index in [9.17, 15) is 9.90 Å². The van der Waals surface area contributed by atoms with Crippen molar-refractivity contribution in [3.05, 3.63) is 23.3 Å². The minimum Gasteiger partial charge on any atom is -0.481 e. The van der Waals surface area contributed by atoms with Crippen LogP contribution in [0.1, 0.15) is 36.2 Å². The van der Waals surface area contributed by atoms with E-state index in [1.807, 2.05) is 0 Å². The molecule has 0 unspecified atom stereocenters. The van der Waals surface area contributed by atoms with Crippen molar-refractivity contribution in [1.29, 1.82) is 0 Å². The Hall–Kier alpha value is -1.49. The Morgan fingerprint density at radius 2 is 2.24 bits per heavy atom. The largest absolute Gasteiger partial charge is 0.481 e. The summed E-state index contributed by atoms with van der Waals surface area (Å²) in [5.74, 6) is -0.768. The predicted molar refractivity (Wildman–Crippen MR) is 58.6 cm³/mol. The molecule has 17 heavy (non-hydrogen) atoms. The zero-order chi connectivity index (χ0) is 11.9. The third-order valence-corrected chi connectivity index (χ3v) is 3.83. The highest BCUT2D eigenvalue weighted by atomic mass is 16.5. The molecular formula is C12H14N2O3. The lowest BCUT2D eigenvalue weighted by Crippen LogP contribution is -2.44. The Balaban J connectivity index is 2.11. The van der Waals surface area contributed by atoms with Gasteiger partial charge >= 0.3 is 5.97 Å². The number of rotatable bonds is 2. The summed E-state index contributed by atoms with van der Waals surface area (Å²) in [6.45, 7) is 1.10. The van der Waals surface area contributed by atoms with E-state index in [0.29, 0.717) is 31.7 Å². The van der Waals surface area contributed by atoms with Gasteiger partial charge in [0.1, 0.15) is 11.7 Å². The Morgan fingerprint density at radius 1 is 1.41 bits per heavy atom. The molecule has 0 spiro atoms. The van der Waals surface area contributed by atoms with Gasteiger partial charge in [0.15, 0.2) is 0 Å². The summed E-state index contributed by atoms with van der Waals surface area (Å²) < 4.78 is 5.41. The number of carbonyl (C=O) groups is 1. The molecule has 0 radical (unpaired) electrons. The molecule has 1 aliphatic carbocycles. The average Bonchev–Trinajstić information content (AvgIpc) is 2.27. The van der Waals surface area contributed by atoms with Crippen molar-refractivity contribution >= 4 is 5.97 Å². The summed E-state index contributed by atoms with van der Waals surface area (Å²) in [6, 6.07) is 0. The molecule has 5 heteroatoms. The molecule has 0 aromatic carbocycles. The van der Waals surface area contributed by atoms with Gasteiger partial charge in [-0.15, -0.1) is 0 Å². The normalized spacial score (nSPS) is 21.4. The summed E-state index contributed by atoms with van der Waals surface area (Å²) >= 11 is 0. The van der Waals surface area contributed by atoms with Crippen LogP contribution in [0.4, 0.5) is 0 Å². The molecule has 0 bridgehead atoms. The number of aliphatic carboxylic acids is 1. The van der Waals surface area contributed by atoms with Crippen molar-refractivity contribution in [3.63, 3.8) is 0 Å². The van der Waals surface area contributed by atoms with E-state index in [0.717, 1.165) is 24.1 Å². The summed E-state index contributed by atoms with van der Waals surface area (Å²) in [5, 5.41) is 9.44. The van der Waals surface area contributed by atoms with E-state index in [4.69, 9.17) is 4.74 Å². The lowest BCUT2D eigenvalue weighted by molar-refractivity contribution is -0.147. The third kappa shape index (κ3) is 1.45. The predicted octanol–water partition coefficient (Wildman–Crippen LogP) is 1.06. The minimum absolute atomic E-state index is 0.445. The molecule has 1 aromatic rings. The fraction of sp³-hybridized carbons (Fsp3) is 0.583. The lowest BCUT2D eigenvalue weighted by atomic mass is 9.65. The molecule has 0 atom stereocenters. The van der Waals surface area contributed by atoms with Gasteiger partial charge in [0.2, 0.25) is 0 Å². The van der Waals surface area contributed by atoms with E-state index >= 15 is 0 Å². The first kappa shape index (κ1) is 10.7. The first-order valence-electron chi connectivity index (χ1n) is 5.88. The molecule has 1 aliphatic heterocycles. The van der Waals surface area contributed by atoms with Gasteiger partial charge in [0, 0.05) is 12.0 Å². The third-order valence-electron chi connectivity index (χ3n) is 3.83. The van der Waals surface area contributed by atoms with Crippen molar-refractivity contribution in [2.75, 3.05) is 6.61 Å². The maximum Gasteiger partial charge on any atom is 0.315 e. The standard InChI is InChI=1S/C12H14N2O3/c15-11(16)12(3-1-4-12)10-8-6-17-5-2-9(8)13-7-14-10/h7H,1-6H2,(H,15,16). The second-order valence-corrected chi connectivity index (χ2v) is 4.69. The SMILES string of the molecule is O=C(O)C1(c2ncnc3c2COCC3)CCC1. The molecule has 0 saturated heterocycles. The highest BCUT2D eigenvalue weighted by molar-refractivity contribution is 5.82. The topological polar surface area (TPSA) is 72.3 Å². The molecule has 2 heterocycles. The van der Waals surface area contributed by atoms with E-state index in [-0.39, 0.29) is 0 Å². The fourth-order valence-electron chi connectivity index (χ4n) is 2.65. The second kappa shape index (κ2) is 3.77. The van der Waals surface area contributed by atoms with Gasteiger partial charge < -0.3 is 9.84 Å². The van der Waals surface area contributed by atoms with Crippen molar-refractivity contribution in [2.45, 2.75) is 37.7 Å². The van der Waals surface area contributed by atoms with Crippen molar-refractivity contribution in [3.8, 4) is 0 Å². The Kier molecular flexibility index (Phi) is 2.36. The average molecular weight is 234 g/mol. The number of carboxylic acids is 1. The maximum atomic E-state index is 11.5. The van der Waals surface area contributed by atoms with E-state index in [2.05, 4.69) is 9.97 Å². The van der Waals surface area contributed by atoms with Gasteiger partial charge in [-0.25, -0.2) is 9.97 Å². The van der Waals surface area contributed by atoms with Crippen LogP contribution in [0.15, 0.2) is 6.33 Å². The summed E-state index contributed by atoms with van der Waals surface area (Å²) in [5.41, 5.74) is 1.75. The number of ether oxygens (including phenoxy) is 1. The van der Waals surface area contributed by atoms with Crippen LogP contribution in [-0.4, -0.2) is 27.7 Å². The molecule has 0 amide bonds. The van der Waals surface area contributed by atoms with Crippen molar-refractivity contribution in [1.82, 2.24) is 9.97 Å². The molecule has 1 fully saturated rings. The molecule has 3 rings (SSSR count). The number of carboxylic acid groups (broad SMARTS) is 1. The lowest BCUT2D eigenvalue weighted by Gasteiger charge is -2.38. The monoisotopic (exact) mass is 234 g/mol. The molecule has 2 aliphatic rings. The summed E-state index contributed by atoms with van der Waals surface area (Å²) in [6.07, 6.45) is 4.53. The zero-order valence-electron chi connectivity index (χ0n) is 9.48. The van der Waals surface area contributed by atoms with Crippen LogP contribution < -0.4 is 0 Å². The van der Waals surface area contributed by atoms with Crippen LogP contribution in [0.25, 0.3) is 0 Å². The smallest absolute Gasteiger partial charge is 0.315 e. The Bertz CT molecular complexity index is 469. The quantitative estimate of drug-likeness (QED) is 0.828. The van der Waals surface area contributed by atoms with Gasteiger partial charge in [-0.2, -0.15) is 0 Å². The first-order chi connectivity index (χ1) is 8.24. The molecule has 90 valence electrons. The Morgan fingerprint density at radius 3 is 2.88 bits per heavy atom. The zero-order valence-corrected chi connectivity index (χ0v) is 9.48. The van der Waals surface area contributed by atoms with Gasteiger partial charge in [-0.3, -0.25) is 4.79 Å². The van der Waals surface area contributed by atoms with Gasteiger partial charge in [-0.1, -0.05) is 6.42 Å². The van der Waals surface area contributed by atoms with Gasteiger partial charge in [-0.05, 0) is 12.8 Å². The highest BCUT2D eigenvalue weighted by Crippen LogP contribution is 2.45. The van der Waals surface area contributed by atoms with Crippen LogP contribution in [-0.2, 0) is 28.0 Å². The first-order valence-corrected chi connectivity index (χ1v) is 5.88. The van der Waals surface area contributed by atoms with Crippen LogP contribution in [0.3, 0.4) is 0 Å². The van der Waals surface area contributed by atoms with Gasteiger partial charge in [0.05, 0.1) is 24.6 Å². The summed E-state index contributed by atoms with van der Waals surface area (Å²) in [7, 11) is 0. The highest BCUT2D eigenvalue weighted by Gasteiger charge is 2.49. The molecular weight excluding hydrogens is 220 g/mol. The number of fused-ring (bicyclic) bond motifs is 1. The van der Waals surface area contributed by atoms with Crippen molar-refractivity contribution in [2.24, 2.45) is 0 Å². The van der Waals surface area contributed by atoms with Gasteiger partial charge in [0.25, 0.3) is 0 Å². The number of hydrogen-bond acceptors (Lipinski definition) is 4. The Labute approximate surface area is 98.8 Å². The summed E-state index contributed by atoms with van der Waals surface area (Å²) in [4.78, 5) is 20.0.